The molecule has 0 aliphatic heterocycles. The van der Waals surface area contributed by atoms with Gasteiger partial charge in [-0.25, -0.2) is 4.98 Å². The van der Waals surface area contributed by atoms with E-state index >= 15 is 0 Å². The van der Waals surface area contributed by atoms with E-state index in [4.69, 9.17) is 11.6 Å². The van der Waals surface area contributed by atoms with Crippen LogP contribution in [0, 0.1) is 11.3 Å². The first-order chi connectivity index (χ1) is 10.7. The van der Waals surface area contributed by atoms with Crippen LogP contribution in [0.3, 0.4) is 0 Å². The molecular formula is C15H9ClN4OS. The minimum absolute atomic E-state index is 0.430. The summed E-state index contributed by atoms with van der Waals surface area (Å²) in [6.07, 6.45) is 3.12. The average Bonchev–Trinajstić information content (AvgIpc) is 2.91. The molecule has 0 saturated heterocycles. The molecule has 0 saturated carbocycles. The Kier molecular flexibility index (Phi) is 4.00. The summed E-state index contributed by atoms with van der Waals surface area (Å²) in [5.41, 5.74) is 1.22. The van der Waals surface area contributed by atoms with E-state index in [9.17, 15) is 10.1 Å². The normalized spacial score (nSPS) is 11.8. The molecule has 0 spiro atoms. The van der Waals surface area contributed by atoms with Gasteiger partial charge in [-0.3, -0.25) is 9.78 Å². The summed E-state index contributed by atoms with van der Waals surface area (Å²) in [5, 5.41) is 13.0. The molecule has 1 N–H and O–H groups in total. The Labute approximate surface area is 135 Å². The Bertz CT molecular complexity index is 872. The summed E-state index contributed by atoms with van der Waals surface area (Å²) in [7, 11) is 0. The van der Waals surface area contributed by atoms with Crippen LogP contribution in [-0.2, 0) is 4.79 Å². The summed E-state index contributed by atoms with van der Waals surface area (Å²) in [5.74, 6) is -1.41. The number of anilines is 1. The van der Waals surface area contributed by atoms with Crippen molar-refractivity contribution in [2.45, 2.75) is 5.92 Å². The minimum atomic E-state index is -0.976. The Morgan fingerprint density at radius 2 is 2.27 bits per heavy atom. The van der Waals surface area contributed by atoms with Gasteiger partial charge in [0, 0.05) is 11.2 Å². The van der Waals surface area contributed by atoms with E-state index in [-0.39, 0.29) is 0 Å². The van der Waals surface area contributed by atoms with Gasteiger partial charge in [0.1, 0.15) is 5.01 Å². The van der Waals surface area contributed by atoms with Gasteiger partial charge in [0.05, 0.1) is 28.2 Å². The highest BCUT2D eigenvalue weighted by Crippen LogP contribution is 2.29. The highest BCUT2D eigenvalue weighted by atomic mass is 35.5. The number of pyridine rings is 1. The molecule has 0 fully saturated rings. The van der Waals surface area contributed by atoms with Crippen molar-refractivity contribution in [3.05, 3.63) is 52.8 Å². The molecule has 0 aliphatic carbocycles. The summed E-state index contributed by atoms with van der Waals surface area (Å²) in [6, 6.07) is 10.7. The molecule has 0 bridgehead atoms. The molecule has 2 aromatic heterocycles. The number of carbonyl (C=O) groups is 1. The maximum absolute atomic E-state index is 12.3. The Morgan fingerprint density at radius 1 is 1.41 bits per heavy atom. The number of benzene rings is 1. The summed E-state index contributed by atoms with van der Waals surface area (Å²) in [6.45, 7) is 0. The molecular weight excluding hydrogens is 320 g/mol. The van der Waals surface area contributed by atoms with Gasteiger partial charge in [-0.05, 0) is 30.3 Å². The number of halogens is 1. The largest absolute Gasteiger partial charge is 0.323 e. The van der Waals surface area contributed by atoms with Gasteiger partial charge in [0.2, 0.25) is 5.91 Å². The molecule has 0 radical (unpaired) electrons. The maximum atomic E-state index is 12.3. The molecule has 22 heavy (non-hydrogen) atoms. The summed E-state index contributed by atoms with van der Waals surface area (Å²) >= 11 is 7.23. The van der Waals surface area contributed by atoms with E-state index in [1.807, 2.05) is 12.1 Å². The van der Waals surface area contributed by atoms with Crippen LogP contribution in [0.4, 0.5) is 5.69 Å². The zero-order valence-electron chi connectivity index (χ0n) is 11.2. The van der Waals surface area contributed by atoms with Crippen molar-refractivity contribution in [2.24, 2.45) is 0 Å². The lowest BCUT2D eigenvalue weighted by molar-refractivity contribution is -0.116. The van der Waals surface area contributed by atoms with Crippen molar-refractivity contribution in [3.63, 3.8) is 0 Å². The Morgan fingerprint density at radius 3 is 3.00 bits per heavy atom. The predicted molar refractivity (Wildman–Crippen MR) is 85.9 cm³/mol. The van der Waals surface area contributed by atoms with E-state index in [0.29, 0.717) is 21.2 Å². The molecule has 2 heterocycles. The topological polar surface area (TPSA) is 78.7 Å². The van der Waals surface area contributed by atoms with Crippen molar-refractivity contribution in [3.8, 4) is 6.07 Å². The lowest BCUT2D eigenvalue weighted by atomic mass is 10.1. The van der Waals surface area contributed by atoms with Crippen LogP contribution >= 0.6 is 22.9 Å². The standard InChI is InChI=1S/C15H9ClN4OS/c16-9-3-4-13-12(6-9)20-15(22-13)11(7-17)14(21)19-10-2-1-5-18-8-10/h1-6,8,11H,(H,19,21)/t11-/m1/s1. The van der Waals surface area contributed by atoms with Crippen LogP contribution < -0.4 is 5.32 Å². The van der Waals surface area contributed by atoms with Crippen molar-refractivity contribution in [1.29, 1.82) is 5.26 Å². The maximum Gasteiger partial charge on any atom is 0.248 e. The lowest BCUT2D eigenvalue weighted by Crippen LogP contribution is -2.19. The smallest absolute Gasteiger partial charge is 0.248 e. The van der Waals surface area contributed by atoms with Crippen LogP contribution in [-0.4, -0.2) is 15.9 Å². The molecule has 5 nitrogen and oxygen atoms in total. The number of hydrogen-bond donors (Lipinski definition) is 1. The second-order valence-electron chi connectivity index (χ2n) is 4.46. The summed E-state index contributed by atoms with van der Waals surface area (Å²) in [4.78, 5) is 20.5. The van der Waals surface area contributed by atoms with E-state index < -0.39 is 11.8 Å². The van der Waals surface area contributed by atoms with Gasteiger partial charge < -0.3 is 5.32 Å². The van der Waals surface area contributed by atoms with Crippen LogP contribution in [0.25, 0.3) is 10.2 Å². The van der Waals surface area contributed by atoms with Gasteiger partial charge in [-0.15, -0.1) is 11.3 Å². The molecule has 108 valence electrons. The molecule has 7 heteroatoms. The highest BCUT2D eigenvalue weighted by molar-refractivity contribution is 7.18. The number of hydrogen-bond acceptors (Lipinski definition) is 5. The molecule has 3 aromatic rings. The third kappa shape index (κ3) is 2.91. The molecule has 1 aromatic carbocycles. The number of amides is 1. The highest BCUT2D eigenvalue weighted by Gasteiger charge is 2.24. The fourth-order valence-electron chi connectivity index (χ4n) is 1.92. The van der Waals surface area contributed by atoms with E-state index in [1.54, 1.807) is 30.5 Å². The van der Waals surface area contributed by atoms with Gasteiger partial charge in [-0.1, -0.05) is 11.6 Å². The van der Waals surface area contributed by atoms with Gasteiger partial charge in [-0.2, -0.15) is 5.26 Å². The quantitative estimate of drug-likeness (QED) is 0.796. The monoisotopic (exact) mass is 328 g/mol. The number of aromatic nitrogens is 2. The van der Waals surface area contributed by atoms with Gasteiger partial charge >= 0.3 is 0 Å². The SMILES string of the molecule is N#C[C@H](C(=O)Nc1cccnc1)c1nc2cc(Cl)ccc2s1. The fraction of sp³-hybridized carbons (Fsp3) is 0.0667. The molecule has 0 unspecified atom stereocenters. The first-order valence-electron chi connectivity index (χ1n) is 6.34. The number of nitrogens with zero attached hydrogens (tertiary/aromatic N) is 3. The fourth-order valence-corrected chi connectivity index (χ4v) is 3.08. The number of rotatable bonds is 3. The third-order valence-electron chi connectivity index (χ3n) is 2.93. The Balaban J connectivity index is 1.89. The van der Waals surface area contributed by atoms with Crippen LogP contribution in [0.5, 0.6) is 0 Å². The van der Waals surface area contributed by atoms with Crippen molar-refractivity contribution in [1.82, 2.24) is 9.97 Å². The first kappa shape index (κ1) is 14.4. The number of fused-ring (bicyclic) bond motifs is 1. The van der Waals surface area contributed by atoms with Crippen molar-refractivity contribution < 1.29 is 4.79 Å². The second kappa shape index (κ2) is 6.10. The van der Waals surface area contributed by atoms with Gasteiger partial charge in [0.25, 0.3) is 0 Å². The van der Waals surface area contributed by atoms with Crippen LogP contribution in [0.2, 0.25) is 5.02 Å². The zero-order valence-corrected chi connectivity index (χ0v) is 12.7. The second-order valence-corrected chi connectivity index (χ2v) is 5.96. The van der Waals surface area contributed by atoms with Gasteiger partial charge in [0.15, 0.2) is 5.92 Å². The minimum Gasteiger partial charge on any atom is -0.323 e. The lowest BCUT2D eigenvalue weighted by Gasteiger charge is -2.07. The van der Waals surface area contributed by atoms with E-state index in [2.05, 4.69) is 15.3 Å². The number of carbonyl (C=O) groups excluding carboxylic acids is 1. The Hall–Kier alpha value is -2.49. The summed E-state index contributed by atoms with van der Waals surface area (Å²) < 4.78 is 0.883. The molecule has 3 rings (SSSR count). The first-order valence-corrected chi connectivity index (χ1v) is 7.53. The van der Waals surface area contributed by atoms with Crippen molar-refractivity contribution in [2.75, 3.05) is 5.32 Å². The number of nitrogens with one attached hydrogen (secondary N) is 1. The number of nitriles is 1. The molecule has 1 amide bonds. The third-order valence-corrected chi connectivity index (χ3v) is 4.27. The van der Waals surface area contributed by atoms with E-state index in [1.165, 1.54) is 17.5 Å². The van der Waals surface area contributed by atoms with Crippen LogP contribution in [0.15, 0.2) is 42.7 Å². The van der Waals surface area contributed by atoms with Crippen LogP contribution in [0.1, 0.15) is 10.9 Å². The zero-order chi connectivity index (χ0) is 15.5. The van der Waals surface area contributed by atoms with E-state index in [0.717, 1.165) is 4.70 Å². The predicted octanol–water partition coefficient (Wildman–Crippen LogP) is 3.59. The molecule has 0 aliphatic rings. The molecule has 1 atom stereocenters. The number of thiazole rings is 1. The van der Waals surface area contributed by atoms with Crippen molar-refractivity contribution >= 4 is 44.7 Å². The average molecular weight is 329 g/mol.